The van der Waals surface area contributed by atoms with Gasteiger partial charge in [-0.25, -0.2) is 14.2 Å². The number of anilines is 1. The van der Waals surface area contributed by atoms with Gasteiger partial charge < -0.3 is 15.7 Å². The normalized spacial score (nSPS) is 11.8. The second-order valence-electron chi connectivity index (χ2n) is 4.73. The van der Waals surface area contributed by atoms with Gasteiger partial charge in [0, 0.05) is 11.8 Å². The summed E-state index contributed by atoms with van der Waals surface area (Å²) in [5, 5.41) is 6.99. The number of hydrogen-bond donors (Lipinski definition) is 3. The second-order valence-corrected chi connectivity index (χ2v) is 7.28. The summed E-state index contributed by atoms with van der Waals surface area (Å²) in [6.07, 6.45) is -1.55. The Morgan fingerprint density at radius 3 is 2.71 bits per heavy atom. The number of thiazole rings is 1. The first-order chi connectivity index (χ1) is 11.2. The van der Waals surface area contributed by atoms with E-state index in [1.807, 2.05) is 0 Å². The Morgan fingerprint density at radius 1 is 1.42 bits per heavy atom. The Kier molecular flexibility index (Phi) is 3.64. The fraction of sp³-hybridized carbons (Fsp3) is 0.0833. The molecule has 0 saturated heterocycles. The van der Waals surface area contributed by atoms with Crippen LogP contribution in [0.1, 0.15) is 5.69 Å². The van der Waals surface area contributed by atoms with Gasteiger partial charge in [-0.3, -0.25) is 5.10 Å². The van der Waals surface area contributed by atoms with Crippen molar-refractivity contribution in [1.82, 2.24) is 15.2 Å². The SMILES string of the molecule is Cc1[nH]nc(N)c1-c1nc2cc(F)c(S(=O)(=O)OC(N)=O)cc2s1. The highest BCUT2D eigenvalue weighted by molar-refractivity contribution is 7.87. The molecule has 0 aliphatic rings. The van der Waals surface area contributed by atoms with Crippen LogP contribution in [0.25, 0.3) is 20.8 Å². The van der Waals surface area contributed by atoms with Crippen molar-refractivity contribution in [3.8, 4) is 10.6 Å². The molecule has 12 heteroatoms. The Hall–Kier alpha value is -2.73. The van der Waals surface area contributed by atoms with Crippen LogP contribution < -0.4 is 11.5 Å². The van der Waals surface area contributed by atoms with E-state index in [4.69, 9.17) is 5.73 Å². The fourth-order valence-corrected chi connectivity index (χ4v) is 4.14. The number of H-pyrrole nitrogens is 1. The summed E-state index contributed by atoms with van der Waals surface area (Å²) in [7, 11) is -4.66. The summed E-state index contributed by atoms with van der Waals surface area (Å²) in [6.45, 7) is 1.74. The molecule has 3 aromatic rings. The molecule has 0 bridgehead atoms. The number of halogens is 1. The zero-order chi connectivity index (χ0) is 17.6. The number of fused-ring (bicyclic) bond motifs is 1. The monoisotopic (exact) mass is 371 g/mol. The molecule has 0 radical (unpaired) electrons. The predicted octanol–water partition coefficient (Wildman–Crippen LogP) is 1.50. The summed E-state index contributed by atoms with van der Waals surface area (Å²) in [6, 6.07) is 1.95. The van der Waals surface area contributed by atoms with E-state index in [0.29, 0.717) is 21.0 Å². The highest BCUT2D eigenvalue weighted by atomic mass is 32.2. The highest BCUT2D eigenvalue weighted by Crippen LogP contribution is 2.36. The first kappa shape index (κ1) is 16.1. The lowest BCUT2D eigenvalue weighted by molar-refractivity contribution is 0.212. The molecule has 0 aliphatic carbocycles. The number of nitrogens with two attached hydrogens (primary N) is 2. The number of rotatable bonds is 3. The van der Waals surface area contributed by atoms with E-state index >= 15 is 0 Å². The minimum Gasteiger partial charge on any atom is -0.382 e. The minimum atomic E-state index is -4.66. The molecule has 5 N–H and O–H groups in total. The molecule has 3 rings (SSSR count). The van der Waals surface area contributed by atoms with Gasteiger partial charge >= 0.3 is 16.2 Å². The average molecular weight is 371 g/mol. The number of carbonyl (C=O) groups is 1. The number of aromatic nitrogens is 3. The maximum absolute atomic E-state index is 14.1. The number of aryl methyl sites for hydroxylation is 1. The number of amides is 1. The van der Waals surface area contributed by atoms with Crippen LogP contribution in [-0.4, -0.2) is 29.7 Å². The smallest absolute Gasteiger partial charge is 0.382 e. The lowest BCUT2D eigenvalue weighted by Crippen LogP contribution is -2.19. The van der Waals surface area contributed by atoms with Crippen LogP contribution in [0, 0.1) is 12.7 Å². The second kappa shape index (κ2) is 5.42. The van der Waals surface area contributed by atoms with Crippen molar-refractivity contribution in [3.63, 3.8) is 0 Å². The van der Waals surface area contributed by atoms with Crippen LogP contribution in [0.3, 0.4) is 0 Å². The van der Waals surface area contributed by atoms with Crippen LogP contribution in [0.15, 0.2) is 17.0 Å². The van der Waals surface area contributed by atoms with E-state index in [2.05, 4.69) is 25.1 Å². The van der Waals surface area contributed by atoms with Crippen LogP contribution >= 0.6 is 11.3 Å². The lowest BCUT2D eigenvalue weighted by atomic mass is 10.2. The van der Waals surface area contributed by atoms with Gasteiger partial charge in [-0.1, -0.05) is 0 Å². The standard InChI is InChI=1S/C12H10FN5O4S2/c1-4-9(10(14)18-17-4)11-16-6-2-5(13)8(3-7(6)23-11)24(20,21)22-12(15)19/h2-3H,1H3,(H2,15,19)(H3,14,17,18). The number of aromatic amines is 1. The highest BCUT2D eigenvalue weighted by Gasteiger charge is 2.25. The van der Waals surface area contributed by atoms with Crippen LogP contribution in [0.4, 0.5) is 15.0 Å². The number of benzene rings is 1. The maximum Gasteiger partial charge on any atom is 0.420 e. The molecule has 1 amide bonds. The third-order valence-electron chi connectivity index (χ3n) is 3.09. The largest absolute Gasteiger partial charge is 0.420 e. The summed E-state index contributed by atoms with van der Waals surface area (Å²) in [5.41, 5.74) is 11.9. The number of primary amides is 1. The molecule has 2 heterocycles. The van der Waals surface area contributed by atoms with E-state index in [-0.39, 0.29) is 11.3 Å². The quantitative estimate of drug-likeness (QED) is 0.589. The van der Waals surface area contributed by atoms with Crippen molar-refractivity contribution in [1.29, 1.82) is 0 Å². The number of carbonyl (C=O) groups excluding carboxylic acids is 1. The minimum absolute atomic E-state index is 0.219. The van der Waals surface area contributed by atoms with Crippen LogP contribution in [0.2, 0.25) is 0 Å². The Bertz CT molecular complexity index is 1050. The molecule has 0 fully saturated rings. The molecule has 24 heavy (non-hydrogen) atoms. The van der Waals surface area contributed by atoms with Gasteiger partial charge in [-0.15, -0.1) is 11.3 Å². The molecule has 1 aromatic carbocycles. The topological polar surface area (TPSA) is 154 Å². The van der Waals surface area contributed by atoms with E-state index in [1.54, 1.807) is 6.92 Å². The van der Waals surface area contributed by atoms with Crippen molar-refractivity contribution in [2.24, 2.45) is 5.73 Å². The molecule has 0 spiro atoms. The van der Waals surface area contributed by atoms with E-state index < -0.39 is 26.9 Å². The lowest BCUT2D eigenvalue weighted by Gasteiger charge is -2.03. The van der Waals surface area contributed by atoms with Gasteiger partial charge in [0.05, 0.1) is 15.8 Å². The number of nitrogens with zero attached hydrogens (tertiary/aromatic N) is 2. The van der Waals surface area contributed by atoms with Crippen LogP contribution in [-0.2, 0) is 14.3 Å². The van der Waals surface area contributed by atoms with Gasteiger partial charge in [-0.05, 0) is 13.0 Å². The number of nitrogens with one attached hydrogen (secondary N) is 1. The molecule has 2 aromatic heterocycles. The average Bonchev–Trinajstić information content (AvgIpc) is 2.99. The number of nitrogen functional groups attached to an aromatic ring is 1. The number of hydrogen-bond acceptors (Lipinski definition) is 8. The summed E-state index contributed by atoms with van der Waals surface area (Å²) in [4.78, 5) is 14.1. The first-order valence-corrected chi connectivity index (χ1v) is 8.56. The van der Waals surface area contributed by atoms with Gasteiger partial charge in [-0.2, -0.15) is 13.5 Å². The zero-order valence-corrected chi connectivity index (χ0v) is 13.7. The molecular formula is C12H10FN5O4S2. The maximum atomic E-state index is 14.1. The zero-order valence-electron chi connectivity index (χ0n) is 12.0. The van der Waals surface area contributed by atoms with Crippen molar-refractivity contribution in [3.05, 3.63) is 23.6 Å². The van der Waals surface area contributed by atoms with Gasteiger partial charge in [0.2, 0.25) is 0 Å². The van der Waals surface area contributed by atoms with Crippen LogP contribution in [0.5, 0.6) is 0 Å². The fourth-order valence-electron chi connectivity index (χ4n) is 2.10. The summed E-state index contributed by atoms with van der Waals surface area (Å²) >= 11 is 1.09. The molecule has 0 aliphatic heterocycles. The molecule has 0 atom stereocenters. The first-order valence-electron chi connectivity index (χ1n) is 6.34. The van der Waals surface area contributed by atoms with Gasteiger partial charge in [0.15, 0.2) is 5.82 Å². The van der Waals surface area contributed by atoms with Crippen molar-refractivity contribution >= 4 is 43.6 Å². The summed E-state index contributed by atoms with van der Waals surface area (Å²) < 4.78 is 42.1. The third-order valence-corrected chi connectivity index (χ3v) is 5.36. The van der Waals surface area contributed by atoms with E-state index in [9.17, 15) is 17.6 Å². The van der Waals surface area contributed by atoms with E-state index in [1.165, 1.54) is 0 Å². The molecule has 9 nitrogen and oxygen atoms in total. The van der Waals surface area contributed by atoms with Gasteiger partial charge in [0.25, 0.3) is 0 Å². The van der Waals surface area contributed by atoms with Crippen molar-refractivity contribution in [2.45, 2.75) is 11.8 Å². The molecular weight excluding hydrogens is 361 g/mol. The third kappa shape index (κ3) is 2.65. The molecule has 0 saturated carbocycles. The van der Waals surface area contributed by atoms with Gasteiger partial charge in [0.1, 0.15) is 15.7 Å². The predicted molar refractivity (Wildman–Crippen MR) is 84.2 cm³/mol. The molecule has 126 valence electrons. The van der Waals surface area contributed by atoms with Crippen molar-refractivity contribution < 1.29 is 21.8 Å². The van der Waals surface area contributed by atoms with Crippen molar-refractivity contribution in [2.75, 3.05) is 5.73 Å². The Balaban J connectivity index is 2.17. The summed E-state index contributed by atoms with van der Waals surface area (Å²) in [5.74, 6) is -0.894. The molecule has 0 unspecified atom stereocenters. The van der Waals surface area contributed by atoms with E-state index in [0.717, 1.165) is 23.5 Å². The Morgan fingerprint density at radius 2 is 2.12 bits per heavy atom. The Labute approximate surface area is 138 Å².